The van der Waals surface area contributed by atoms with Gasteiger partial charge in [0.25, 0.3) is 0 Å². The summed E-state index contributed by atoms with van der Waals surface area (Å²) < 4.78 is 0. The maximum Gasteiger partial charge on any atom is 0.241 e. The van der Waals surface area contributed by atoms with Crippen molar-refractivity contribution in [2.45, 2.75) is 38.8 Å². The van der Waals surface area contributed by atoms with E-state index < -0.39 is 0 Å². The van der Waals surface area contributed by atoms with Crippen molar-refractivity contribution in [3.05, 3.63) is 63.6 Å². The summed E-state index contributed by atoms with van der Waals surface area (Å²) in [5.41, 5.74) is 2.92. The number of aryl methyl sites for hydroxylation is 1. The van der Waals surface area contributed by atoms with E-state index in [4.69, 9.17) is 23.2 Å². The Morgan fingerprint density at radius 1 is 1.08 bits per heavy atom. The van der Waals surface area contributed by atoms with Crippen LogP contribution in [0.1, 0.15) is 36.9 Å². The maximum atomic E-state index is 12.6. The number of rotatable bonds is 6. The van der Waals surface area contributed by atoms with E-state index >= 15 is 0 Å². The third-order valence-electron chi connectivity index (χ3n) is 4.56. The molecule has 0 unspecified atom stereocenters. The Hall–Kier alpha value is -1.55. The maximum absolute atomic E-state index is 12.6. The fourth-order valence-electron chi connectivity index (χ4n) is 2.90. The first kappa shape index (κ1) is 18.2. The van der Waals surface area contributed by atoms with Gasteiger partial charge in [-0.3, -0.25) is 10.1 Å². The number of anilines is 1. The van der Waals surface area contributed by atoms with E-state index in [9.17, 15) is 4.79 Å². The van der Waals surface area contributed by atoms with Crippen molar-refractivity contribution in [1.82, 2.24) is 5.32 Å². The van der Waals surface area contributed by atoms with Gasteiger partial charge in [-0.1, -0.05) is 59.1 Å². The molecule has 1 amide bonds. The molecule has 1 aliphatic rings. The second-order valence-corrected chi connectivity index (χ2v) is 7.51. The molecule has 3 nitrogen and oxygen atoms in total. The van der Waals surface area contributed by atoms with Crippen LogP contribution in [0, 0.1) is 12.8 Å². The van der Waals surface area contributed by atoms with Gasteiger partial charge in [0.05, 0.1) is 21.8 Å². The smallest absolute Gasteiger partial charge is 0.241 e. The van der Waals surface area contributed by atoms with Crippen molar-refractivity contribution in [3.8, 4) is 0 Å². The number of hydrogen-bond donors (Lipinski definition) is 2. The Balaban J connectivity index is 1.70. The predicted octanol–water partition coefficient (Wildman–Crippen LogP) is 5.37. The molecule has 5 heteroatoms. The Morgan fingerprint density at radius 2 is 1.68 bits per heavy atom. The fourth-order valence-corrected chi connectivity index (χ4v) is 3.39. The number of para-hydroxylation sites is 1. The third kappa shape index (κ3) is 4.55. The molecule has 132 valence electrons. The summed E-state index contributed by atoms with van der Waals surface area (Å²) in [5.74, 6) is 0.439. The van der Waals surface area contributed by atoms with Gasteiger partial charge in [-0.25, -0.2) is 0 Å². The number of nitrogens with one attached hydrogen (secondary N) is 2. The summed E-state index contributed by atoms with van der Waals surface area (Å²) >= 11 is 12.3. The van der Waals surface area contributed by atoms with E-state index in [1.807, 2.05) is 6.92 Å². The average molecular weight is 377 g/mol. The minimum absolute atomic E-state index is 0.146. The summed E-state index contributed by atoms with van der Waals surface area (Å²) in [7, 11) is 0. The molecule has 25 heavy (non-hydrogen) atoms. The molecule has 0 bridgehead atoms. The van der Waals surface area contributed by atoms with E-state index in [1.54, 1.807) is 18.2 Å². The van der Waals surface area contributed by atoms with Crippen LogP contribution in [0.5, 0.6) is 0 Å². The first-order valence-corrected chi connectivity index (χ1v) is 9.29. The molecule has 2 N–H and O–H groups in total. The number of carbonyl (C=O) groups is 1. The normalized spacial score (nSPS) is 16.3. The van der Waals surface area contributed by atoms with Gasteiger partial charge in [0.2, 0.25) is 5.91 Å². The highest BCUT2D eigenvalue weighted by Crippen LogP contribution is 2.41. The van der Waals surface area contributed by atoms with Crippen molar-refractivity contribution < 1.29 is 4.79 Å². The molecule has 2 aromatic rings. The molecular formula is C20H22Cl2N2O. The number of amides is 1. The SMILES string of the molecule is Cc1ccc([C@@H](N[C@H](C)C(=O)Nc2c(Cl)cccc2Cl)C2CC2)cc1. The van der Waals surface area contributed by atoms with Crippen molar-refractivity contribution in [2.24, 2.45) is 5.92 Å². The topological polar surface area (TPSA) is 41.1 Å². The first-order valence-electron chi connectivity index (χ1n) is 8.53. The summed E-state index contributed by atoms with van der Waals surface area (Å²) in [6.07, 6.45) is 2.38. The summed E-state index contributed by atoms with van der Waals surface area (Å²) in [6.45, 7) is 3.94. The molecule has 0 heterocycles. The van der Waals surface area contributed by atoms with Crippen LogP contribution in [0.4, 0.5) is 5.69 Å². The minimum Gasteiger partial charge on any atom is -0.322 e. The fraction of sp³-hybridized carbons (Fsp3) is 0.350. The van der Waals surface area contributed by atoms with Gasteiger partial charge in [-0.05, 0) is 50.3 Å². The summed E-state index contributed by atoms with van der Waals surface area (Å²) in [5, 5.41) is 7.18. The van der Waals surface area contributed by atoms with E-state index in [2.05, 4.69) is 41.8 Å². The van der Waals surface area contributed by atoms with E-state index in [0.29, 0.717) is 21.7 Å². The van der Waals surface area contributed by atoms with Gasteiger partial charge >= 0.3 is 0 Å². The average Bonchev–Trinajstić information content (AvgIpc) is 3.41. The van der Waals surface area contributed by atoms with Gasteiger partial charge in [-0.15, -0.1) is 0 Å². The number of benzene rings is 2. The molecule has 0 aliphatic heterocycles. The summed E-state index contributed by atoms with van der Waals surface area (Å²) in [4.78, 5) is 12.6. The molecule has 1 saturated carbocycles. The lowest BCUT2D eigenvalue weighted by molar-refractivity contribution is -0.118. The molecule has 2 atom stereocenters. The van der Waals surface area contributed by atoms with Crippen LogP contribution >= 0.6 is 23.2 Å². The Kier molecular flexibility index (Phi) is 5.67. The van der Waals surface area contributed by atoms with Gasteiger partial charge in [-0.2, -0.15) is 0 Å². The van der Waals surface area contributed by atoms with E-state index in [1.165, 1.54) is 24.0 Å². The molecule has 3 rings (SSSR count). The molecule has 2 aromatic carbocycles. The first-order chi connectivity index (χ1) is 12.0. The highest BCUT2D eigenvalue weighted by atomic mass is 35.5. The van der Waals surface area contributed by atoms with Crippen LogP contribution in [0.3, 0.4) is 0 Å². The van der Waals surface area contributed by atoms with Crippen LogP contribution in [0.15, 0.2) is 42.5 Å². The zero-order chi connectivity index (χ0) is 18.0. The van der Waals surface area contributed by atoms with Crippen LogP contribution < -0.4 is 10.6 Å². The molecule has 0 saturated heterocycles. The monoisotopic (exact) mass is 376 g/mol. The Bertz CT molecular complexity index is 737. The molecule has 0 radical (unpaired) electrons. The van der Waals surface area contributed by atoms with Gasteiger partial charge < -0.3 is 5.32 Å². The molecular weight excluding hydrogens is 355 g/mol. The standard InChI is InChI=1S/C20H22Cl2N2O/c1-12-6-8-14(9-7-12)18(15-10-11-15)23-13(2)20(25)24-19-16(21)4-3-5-17(19)22/h3-9,13,15,18,23H,10-11H2,1-2H3,(H,24,25)/t13-,18-/m1/s1. The second-order valence-electron chi connectivity index (χ2n) is 6.70. The number of carbonyl (C=O) groups excluding carboxylic acids is 1. The van der Waals surface area contributed by atoms with Crippen LogP contribution in [-0.4, -0.2) is 11.9 Å². The van der Waals surface area contributed by atoms with Gasteiger partial charge in [0.15, 0.2) is 0 Å². The number of hydrogen-bond acceptors (Lipinski definition) is 2. The van der Waals surface area contributed by atoms with Crippen molar-refractivity contribution in [3.63, 3.8) is 0 Å². The quantitative estimate of drug-likeness (QED) is 0.711. The van der Waals surface area contributed by atoms with E-state index in [0.717, 1.165) is 0 Å². The lowest BCUT2D eigenvalue weighted by Crippen LogP contribution is -2.41. The van der Waals surface area contributed by atoms with Crippen molar-refractivity contribution in [2.75, 3.05) is 5.32 Å². The molecule has 1 fully saturated rings. The zero-order valence-corrected chi connectivity index (χ0v) is 15.9. The van der Waals surface area contributed by atoms with Gasteiger partial charge in [0.1, 0.15) is 0 Å². The third-order valence-corrected chi connectivity index (χ3v) is 5.19. The highest BCUT2D eigenvalue weighted by Gasteiger charge is 2.34. The lowest BCUT2D eigenvalue weighted by Gasteiger charge is -2.24. The van der Waals surface area contributed by atoms with Crippen molar-refractivity contribution >= 4 is 34.8 Å². The second kappa shape index (κ2) is 7.77. The van der Waals surface area contributed by atoms with Crippen LogP contribution in [0.2, 0.25) is 10.0 Å². The number of halogens is 2. The van der Waals surface area contributed by atoms with Crippen molar-refractivity contribution in [1.29, 1.82) is 0 Å². The largest absolute Gasteiger partial charge is 0.322 e. The van der Waals surface area contributed by atoms with E-state index in [-0.39, 0.29) is 18.0 Å². The Labute approximate surface area is 158 Å². The molecule has 0 aromatic heterocycles. The lowest BCUT2D eigenvalue weighted by atomic mass is 10.00. The minimum atomic E-state index is -0.362. The predicted molar refractivity (Wildman–Crippen MR) is 104 cm³/mol. The molecule has 1 aliphatic carbocycles. The Morgan fingerprint density at radius 3 is 2.24 bits per heavy atom. The van der Waals surface area contributed by atoms with Crippen LogP contribution in [0.25, 0.3) is 0 Å². The highest BCUT2D eigenvalue weighted by molar-refractivity contribution is 6.39. The summed E-state index contributed by atoms with van der Waals surface area (Å²) in [6, 6.07) is 13.5. The molecule has 0 spiro atoms. The van der Waals surface area contributed by atoms with Crippen LogP contribution in [-0.2, 0) is 4.79 Å². The zero-order valence-electron chi connectivity index (χ0n) is 14.4. The van der Waals surface area contributed by atoms with Gasteiger partial charge in [0, 0.05) is 6.04 Å².